The second-order valence-electron chi connectivity index (χ2n) is 7.28. The molecule has 0 fully saturated rings. The Morgan fingerprint density at radius 3 is 2.50 bits per heavy atom. The van der Waals surface area contributed by atoms with Crippen LogP contribution in [0.4, 0.5) is 5.13 Å². The number of anilines is 1. The molecule has 0 unspecified atom stereocenters. The minimum absolute atomic E-state index is 0.144. The van der Waals surface area contributed by atoms with Crippen molar-refractivity contribution in [3.63, 3.8) is 0 Å². The number of pyridine rings is 1. The van der Waals surface area contributed by atoms with Crippen molar-refractivity contribution < 1.29 is 19.1 Å². The van der Waals surface area contributed by atoms with Crippen LogP contribution in [0.2, 0.25) is 0 Å². The molecular formula is C19H26N4O4S. The molecule has 0 aliphatic rings. The number of hydrogen-bond acceptors (Lipinski definition) is 7. The van der Waals surface area contributed by atoms with Gasteiger partial charge in [0, 0.05) is 26.4 Å². The zero-order valence-electron chi connectivity index (χ0n) is 17.0. The molecule has 0 spiro atoms. The molecule has 0 saturated carbocycles. The average Bonchev–Trinajstić information content (AvgIpc) is 2.97. The number of hydrogen-bond donors (Lipinski definition) is 1. The molecule has 2 amide bonds. The van der Waals surface area contributed by atoms with Gasteiger partial charge >= 0.3 is 0 Å². The first-order valence-corrected chi connectivity index (χ1v) is 9.62. The third-order valence-electron chi connectivity index (χ3n) is 3.48. The third kappa shape index (κ3) is 6.28. The van der Waals surface area contributed by atoms with Gasteiger partial charge in [-0.1, -0.05) is 11.3 Å². The maximum absolute atomic E-state index is 12.4. The number of nitrogens with one attached hydrogen (secondary N) is 1. The van der Waals surface area contributed by atoms with Gasteiger partial charge in [-0.2, -0.15) is 0 Å². The lowest BCUT2D eigenvalue weighted by atomic mass is 10.2. The second kappa shape index (κ2) is 9.11. The van der Waals surface area contributed by atoms with Crippen molar-refractivity contribution in [3.8, 4) is 5.88 Å². The van der Waals surface area contributed by atoms with Crippen molar-refractivity contribution in [3.05, 3.63) is 34.5 Å². The summed E-state index contributed by atoms with van der Waals surface area (Å²) in [6, 6.07) is 3.24. The summed E-state index contributed by atoms with van der Waals surface area (Å²) < 4.78 is 11.1. The molecule has 2 aromatic heterocycles. The van der Waals surface area contributed by atoms with Crippen LogP contribution in [0.5, 0.6) is 5.88 Å². The first kappa shape index (κ1) is 21.8. The van der Waals surface area contributed by atoms with Gasteiger partial charge in [-0.15, -0.1) is 0 Å². The molecule has 2 heterocycles. The Hall–Kier alpha value is -2.52. The highest BCUT2D eigenvalue weighted by atomic mass is 32.1. The Morgan fingerprint density at radius 1 is 1.21 bits per heavy atom. The number of thiazole rings is 1. The number of carbonyl (C=O) groups excluding carboxylic acids is 2. The van der Waals surface area contributed by atoms with Gasteiger partial charge in [0.2, 0.25) is 5.88 Å². The van der Waals surface area contributed by atoms with E-state index >= 15 is 0 Å². The predicted octanol–water partition coefficient (Wildman–Crippen LogP) is 2.99. The average molecular weight is 407 g/mol. The lowest BCUT2D eigenvalue weighted by Gasteiger charge is -2.19. The zero-order chi connectivity index (χ0) is 20.9. The lowest BCUT2D eigenvalue weighted by Crippen LogP contribution is -2.22. The molecule has 0 bridgehead atoms. The number of rotatable bonds is 7. The molecule has 9 heteroatoms. The fraction of sp³-hybridized carbons (Fsp3) is 0.474. The number of ether oxygens (including phenoxy) is 2. The number of nitrogens with zero attached hydrogens (tertiary/aromatic N) is 3. The van der Waals surface area contributed by atoms with Gasteiger partial charge in [0.15, 0.2) is 5.13 Å². The maximum atomic E-state index is 12.4. The van der Waals surface area contributed by atoms with E-state index in [1.165, 1.54) is 11.1 Å². The molecule has 0 saturated heterocycles. The zero-order valence-corrected chi connectivity index (χ0v) is 17.8. The largest absolute Gasteiger partial charge is 0.475 e. The summed E-state index contributed by atoms with van der Waals surface area (Å²) in [6.45, 7) is 8.48. The molecular weight excluding hydrogens is 380 g/mol. The Kier molecular flexibility index (Phi) is 7.09. The van der Waals surface area contributed by atoms with Gasteiger partial charge < -0.3 is 14.4 Å². The fourth-order valence-corrected chi connectivity index (χ4v) is 3.10. The number of aromatic nitrogens is 2. The maximum Gasteiger partial charge on any atom is 0.265 e. The first-order chi connectivity index (χ1) is 13.1. The van der Waals surface area contributed by atoms with Gasteiger partial charge in [0.1, 0.15) is 11.5 Å². The van der Waals surface area contributed by atoms with Crippen molar-refractivity contribution in [2.45, 2.75) is 33.3 Å². The molecule has 2 rings (SSSR count). The van der Waals surface area contributed by atoms with E-state index in [4.69, 9.17) is 9.47 Å². The highest BCUT2D eigenvalue weighted by Gasteiger charge is 2.18. The summed E-state index contributed by atoms with van der Waals surface area (Å²) >= 11 is 1.14. The summed E-state index contributed by atoms with van der Waals surface area (Å²) in [5.41, 5.74) is 0.731. The van der Waals surface area contributed by atoms with Crippen LogP contribution in [0.1, 0.15) is 46.5 Å². The van der Waals surface area contributed by atoms with E-state index in [2.05, 4.69) is 15.3 Å². The summed E-state index contributed by atoms with van der Waals surface area (Å²) in [7, 11) is 3.34. The van der Waals surface area contributed by atoms with Crippen molar-refractivity contribution in [1.82, 2.24) is 14.9 Å². The number of amides is 2. The normalized spacial score (nSPS) is 11.2. The van der Waals surface area contributed by atoms with Crippen molar-refractivity contribution >= 4 is 28.3 Å². The van der Waals surface area contributed by atoms with Crippen LogP contribution < -0.4 is 10.1 Å². The van der Waals surface area contributed by atoms with E-state index in [9.17, 15) is 9.59 Å². The van der Waals surface area contributed by atoms with E-state index in [0.717, 1.165) is 11.3 Å². The summed E-state index contributed by atoms with van der Waals surface area (Å²) in [6.07, 6.45) is 1.43. The van der Waals surface area contributed by atoms with E-state index in [0.29, 0.717) is 40.4 Å². The van der Waals surface area contributed by atoms with Crippen LogP contribution >= 0.6 is 11.3 Å². The van der Waals surface area contributed by atoms with Gasteiger partial charge in [-0.25, -0.2) is 9.97 Å². The molecule has 0 aromatic carbocycles. The van der Waals surface area contributed by atoms with Crippen LogP contribution in [0.25, 0.3) is 0 Å². The summed E-state index contributed by atoms with van der Waals surface area (Å²) in [4.78, 5) is 34.8. The number of aryl methyl sites for hydroxylation is 1. The minimum atomic E-state index is -0.354. The van der Waals surface area contributed by atoms with Gasteiger partial charge in [0.25, 0.3) is 11.8 Å². The smallest absolute Gasteiger partial charge is 0.265 e. The van der Waals surface area contributed by atoms with Crippen molar-refractivity contribution in [2.24, 2.45) is 0 Å². The SMILES string of the molecule is Cc1nc(NC(=O)c2ccc(OCCOC(C)(C)C)nc2)sc1C(=O)N(C)C. The number of carbonyl (C=O) groups is 2. The molecule has 0 aliphatic heterocycles. The highest BCUT2D eigenvalue weighted by Crippen LogP contribution is 2.24. The summed E-state index contributed by atoms with van der Waals surface area (Å²) in [5, 5.41) is 3.07. The predicted molar refractivity (Wildman–Crippen MR) is 108 cm³/mol. The van der Waals surface area contributed by atoms with Crippen molar-refractivity contribution in [2.75, 3.05) is 32.6 Å². The Labute approximate surface area is 168 Å². The third-order valence-corrected chi connectivity index (χ3v) is 4.55. The Morgan fingerprint density at radius 2 is 1.93 bits per heavy atom. The van der Waals surface area contributed by atoms with Crippen LogP contribution in [0.3, 0.4) is 0 Å². The Balaban J connectivity index is 1.93. The molecule has 1 N–H and O–H groups in total. The van der Waals surface area contributed by atoms with Crippen LogP contribution in [0, 0.1) is 6.92 Å². The van der Waals surface area contributed by atoms with Crippen molar-refractivity contribution in [1.29, 1.82) is 0 Å². The lowest BCUT2D eigenvalue weighted by molar-refractivity contribution is -0.0168. The van der Waals surface area contributed by atoms with Gasteiger partial charge in [-0.3, -0.25) is 14.9 Å². The van der Waals surface area contributed by atoms with Crippen LogP contribution in [-0.2, 0) is 4.74 Å². The fourth-order valence-electron chi connectivity index (χ4n) is 2.11. The van der Waals surface area contributed by atoms with E-state index in [-0.39, 0.29) is 17.4 Å². The quantitative estimate of drug-likeness (QED) is 0.711. The minimum Gasteiger partial charge on any atom is -0.475 e. The monoisotopic (exact) mass is 406 g/mol. The summed E-state index contributed by atoms with van der Waals surface area (Å²) in [5.74, 6) is -0.0835. The van der Waals surface area contributed by atoms with Gasteiger partial charge in [0.05, 0.1) is 23.5 Å². The Bertz CT molecular complexity index is 825. The highest BCUT2D eigenvalue weighted by molar-refractivity contribution is 7.17. The standard InChI is InChI=1S/C19H26N4O4S/c1-12-15(17(25)23(5)6)28-18(21-12)22-16(24)13-7-8-14(20-11-13)26-9-10-27-19(2,3)4/h7-8,11H,9-10H2,1-6H3,(H,21,22,24). The van der Waals surface area contributed by atoms with E-state index < -0.39 is 0 Å². The van der Waals surface area contributed by atoms with E-state index in [1.807, 2.05) is 20.8 Å². The second-order valence-corrected chi connectivity index (χ2v) is 8.28. The van der Waals surface area contributed by atoms with E-state index in [1.54, 1.807) is 33.2 Å². The molecule has 0 radical (unpaired) electrons. The molecule has 0 aliphatic carbocycles. The topological polar surface area (TPSA) is 93.6 Å². The van der Waals surface area contributed by atoms with Crippen LogP contribution in [0.15, 0.2) is 18.3 Å². The van der Waals surface area contributed by atoms with Gasteiger partial charge in [-0.05, 0) is 33.8 Å². The molecule has 8 nitrogen and oxygen atoms in total. The molecule has 0 atom stereocenters. The molecule has 152 valence electrons. The molecule has 2 aromatic rings. The first-order valence-electron chi connectivity index (χ1n) is 8.80. The van der Waals surface area contributed by atoms with Crippen LogP contribution in [-0.4, -0.2) is 59.6 Å². The molecule has 28 heavy (non-hydrogen) atoms.